The zero-order chi connectivity index (χ0) is 15.1. The van der Waals surface area contributed by atoms with E-state index in [4.69, 9.17) is 11.6 Å². The first-order chi connectivity index (χ1) is 10.7. The molecule has 0 fully saturated rings. The number of hydrogen-bond donors (Lipinski definition) is 1. The van der Waals surface area contributed by atoms with E-state index in [1.54, 1.807) is 6.07 Å². The lowest BCUT2D eigenvalue weighted by atomic mass is 10.0. The Balaban J connectivity index is 1.85. The van der Waals surface area contributed by atoms with Crippen molar-refractivity contribution in [3.8, 4) is 0 Å². The van der Waals surface area contributed by atoms with Crippen LogP contribution >= 0.6 is 11.6 Å². The van der Waals surface area contributed by atoms with Crippen molar-refractivity contribution in [1.29, 1.82) is 0 Å². The van der Waals surface area contributed by atoms with Crippen molar-refractivity contribution in [3.05, 3.63) is 76.8 Å². The summed E-state index contributed by atoms with van der Waals surface area (Å²) in [6.45, 7) is 0. The summed E-state index contributed by atoms with van der Waals surface area (Å²) in [6.07, 6.45) is 1.91. The minimum Gasteiger partial charge on any atom is -0.321 e. The molecule has 1 aliphatic rings. The van der Waals surface area contributed by atoms with Gasteiger partial charge in [-0.1, -0.05) is 48.0 Å². The van der Waals surface area contributed by atoms with Gasteiger partial charge in [0.1, 0.15) is 0 Å². The fraction of sp³-hybridized carbons (Fsp3) is 0. The third-order valence-electron chi connectivity index (χ3n) is 3.85. The van der Waals surface area contributed by atoms with Gasteiger partial charge in [-0.2, -0.15) is 0 Å². The van der Waals surface area contributed by atoms with Crippen molar-refractivity contribution >= 4 is 45.6 Å². The molecule has 0 unspecified atom stereocenters. The first-order valence-corrected chi connectivity index (χ1v) is 7.40. The zero-order valence-corrected chi connectivity index (χ0v) is 12.4. The quantitative estimate of drug-likeness (QED) is 0.631. The first-order valence-electron chi connectivity index (χ1n) is 7.02. The second-order valence-electron chi connectivity index (χ2n) is 5.31. The van der Waals surface area contributed by atoms with Crippen LogP contribution in [0.15, 0.2) is 60.7 Å². The molecule has 1 amide bonds. The van der Waals surface area contributed by atoms with Crippen molar-refractivity contribution in [2.75, 3.05) is 5.32 Å². The van der Waals surface area contributed by atoms with Gasteiger partial charge in [0.25, 0.3) is 5.91 Å². The lowest BCUT2D eigenvalue weighted by molar-refractivity contribution is -0.110. The van der Waals surface area contributed by atoms with Crippen LogP contribution in [0, 0.1) is 0 Å². The van der Waals surface area contributed by atoms with E-state index in [1.807, 2.05) is 36.4 Å². The molecule has 3 aromatic carbocycles. The molecule has 0 saturated heterocycles. The van der Waals surface area contributed by atoms with Crippen molar-refractivity contribution in [3.63, 3.8) is 0 Å². The van der Waals surface area contributed by atoms with Crippen molar-refractivity contribution in [2.45, 2.75) is 0 Å². The summed E-state index contributed by atoms with van der Waals surface area (Å²) in [4.78, 5) is 12.2. The van der Waals surface area contributed by atoms with E-state index in [1.165, 1.54) is 5.39 Å². The summed E-state index contributed by atoms with van der Waals surface area (Å²) in [5.74, 6) is -0.0922. The molecule has 0 bridgehead atoms. The summed E-state index contributed by atoms with van der Waals surface area (Å²) < 4.78 is 0. The van der Waals surface area contributed by atoms with Gasteiger partial charge in [-0.05, 0) is 46.7 Å². The molecule has 1 N–H and O–H groups in total. The standard InChI is InChI=1S/C19H12ClNO/c20-15-7-8-18-16(11-15)17(19(22)21-18)10-12-5-6-13-3-1-2-4-14(13)9-12/h1-11H,(H,21,22)/b17-10-. The zero-order valence-electron chi connectivity index (χ0n) is 11.6. The summed E-state index contributed by atoms with van der Waals surface area (Å²) in [6, 6.07) is 19.8. The third kappa shape index (κ3) is 2.18. The molecule has 0 radical (unpaired) electrons. The van der Waals surface area contributed by atoms with Gasteiger partial charge in [0.2, 0.25) is 0 Å². The Morgan fingerprint density at radius 3 is 2.59 bits per heavy atom. The minimum atomic E-state index is -0.0922. The predicted molar refractivity (Wildman–Crippen MR) is 91.9 cm³/mol. The molecule has 1 heterocycles. The van der Waals surface area contributed by atoms with E-state index in [9.17, 15) is 4.79 Å². The molecule has 106 valence electrons. The molecule has 0 atom stereocenters. The number of anilines is 1. The monoisotopic (exact) mass is 305 g/mol. The van der Waals surface area contributed by atoms with E-state index in [-0.39, 0.29) is 5.91 Å². The van der Waals surface area contributed by atoms with Crippen LogP contribution in [0.1, 0.15) is 11.1 Å². The summed E-state index contributed by atoms with van der Waals surface area (Å²) in [5.41, 5.74) is 3.30. The molecule has 22 heavy (non-hydrogen) atoms. The third-order valence-corrected chi connectivity index (χ3v) is 4.08. The van der Waals surface area contributed by atoms with Crippen molar-refractivity contribution in [2.24, 2.45) is 0 Å². The highest BCUT2D eigenvalue weighted by molar-refractivity contribution is 6.36. The molecule has 0 saturated carbocycles. The second-order valence-corrected chi connectivity index (χ2v) is 5.75. The summed E-state index contributed by atoms with van der Waals surface area (Å²) in [5, 5.41) is 5.83. The maximum Gasteiger partial charge on any atom is 0.256 e. The van der Waals surface area contributed by atoms with Crippen LogP contribution in [0.25, 0.3) is 22.4 Å². The first kappa shape index (κ1) is 13.1. The minimum absolute atomic E-state index is 0.0922. The Morgan fingerprint density at radius 1 is 0.909 bits per heavy atom. The van der Waals surface area contributed by atoms with Crippen LogP contribution < -0.4 is 5.32 Å². The molecule has 2 nitrogen and oxygen atoms in total. The van der Waals surface area contributed by atoms with E-state index in [0.29, 0.717) is 10.6 Å². The Morgan fingerprint density at radius 2 is 1.73 bits per heavy atom. The topological polar surface area (TPSA) is 29.1 Å². The van der Waals surface area contributed by atoms with Gasteiger partial charge in [-0.15, -0.1) is 0 Å². The number of fused-ring (bicyclic) bond motifs is 2. The Labute approximate surface area is 133 Å². The van der Waals surface area contributed by atoms with Crippen LogP contribution in [0.3, 0.4) is 0 Å². The van der Waals surface area contributed by atoms with Crippen LogP contribution in [-0.4, -0.2) is 5.91 Å². The van der Waals surface area contributed by atoms with E-state index < -0.39 is 0 Å². The fourth-order valence-electron chi connectivity index (χ4n) is 2.77. The largest absolute Gasteiger partial charge is 0.321 e. The number of nitrogens with one attached hydrogen (secondary N) is 1. The highest BCUT2D eigenvalue weighted by Gasteiger charge is 2.24. The Kier molecular flexibility index (Phi) is 2.98. The summed E-state index contributed by atoms with van der Waals surface area (Å²) in [7, 11) is 0. The maximum absolute atomic E-state index is 12.2. The number of carbonyl (C=O) groups excluding carboxylic acids is 1. The Hall–Kier alpha value is -2.58. The molecule has 0 aromatic heterocycles. The smallest absolute Gasteiger partial charge is 0.256 e. The predicted octanol–water partition coefficient (Wildman–Crippen LogP) is 4.99. The number of hydrogen-bond acceptors (Lipinski definition) is 1. The van der Waals surface area contributed by atoms with Crippen LogP contribution in [0.2, 0.25) is 5.02 Å². The van der Waals surface area contributed by atoms with Gasteiger partial charge in [0.15, 0.2) is 0 Å². The number of rotatable bonds is 1. The van der Waals surface area contributed by atoms with Crippen LogP contribution in [0.5, 0.6) is 0 Å². The Bertz CT molecular complexity index is 943. The SMILES string of the molecule is O=C1Nc2ccc(Cl)cc2/C1=C/c1ccc2ccccc2c1. The number of amides is 1. The molecule has 3 aromatic rings. The average Bonchev–Trinajstić information content (AvgIpc) is 2.83. The average molecular weight is 306 g/mol. The van der Waals surface area contributed by atoms with Crippen LogP contribution in [-0.2, 0) is 4.79 Å². The van der Waals surface area contributed by atoms with Crippen LogP contribution in [0.4, 0.5) is 5.69 Å². The number of halogens is 1. The lowest BCUT2D eigenvalue weighted by Crippen LogP contribution is -2.03. The molecule has 0 spiro atoms. The van der Waals surface area contributed by atoms with Gasteiger partial charge < -0.3 is 5.32 Å². The fourth-order valence-corrected chi connectivity index (χ4v) is 2.94. The molecule has 3 heteroatoms. The van der Waals surface area contributed by atoms with E-state index in [0.717, 1.165) is 22.2 Å². The normalized spacial score (nSPS) is 15.1. The molecule has 4 rings (SSSR count). The van der Waals surface area contributed by atoms with Gasteiger partial charge in [-0.3, -0.25) is 4.79 Å². The van der Waals surface area contributed by atoms with Crippen molar-refractivity contribution < 1.29 is 4.79 Å². The molecular weight excluding hydrogens is 294 g/mol. The number of carbonyl (C=O) groups is 1. The van der Waals surface area contributed by atoms with E-state index >= 15 is 0 Å². The van der Waals surface area contributed by atoms with Gasteiger partial charge in [0, 0.05) is 21.8 Å². The maximum atomic E-state index is 12.2. The van der Waals surface area contributed by atoms with Crippen molar-refractivity contribution in [1.82, 2.24) is 0 Å². The second kappa shape index (κ2) is 5.00. The van der Waals surface area contributed by atoms with Gasteiger partial charge in [0.05, 0.1) is 0 Å². The number of benzene rings is 3. The van der Waals surface area contributed by atoms with Gasteiger partial charge >= 0.3 is 0 Å². The molecular formula is C19H12ClNO. The van der Waals surface area contributed by atoms with E-state index in [2.05, 4.69) is 29.6 Å². The van der Waals surface area contributed by atoms with Gasteiger partial charge in [-0.25, -0.2) is 0 Å². The highest BCUT2D eigenvalue weighted by Crippen LogP contribution is 2.35. The summed E-state index contributed by atoms with van der Waals surface area (Å²) >= 11 is 6.05. The molecule has 1 aliphatic heterocycles. The molecule has 0 aliphatic carbocycles. The highest BCUT2D eigenvalue weighted by atomic mass is 35.5. The lowest BCUT2D eigenvalue weighted by Gasteiger charge is -2.02.